The van der Waals surface area contributed by atoms with Gasteiger partial charge in [-0.1, -0.05) is 31.2 Å². The Kier molecular flexibility index (Phi) is 5.74. The smallest absolute Gasteiger partial charge is 0.338 e. The predicted molar refractivity (Wildman–Crippen MR) is 123 cm³/mol. The molecule has 0 radical (unpaired) electrons. The zero-order chi connectivity index (χ0) is 22.9. The number of ether oxygens (including phenoxy) is 1. The van der Waals surface area contributed by atoms with E-state index in [0.29, 0.717) is 12.2 Å². The van der Waals surface area contributed by atoms with Crippen molar-refractivity contribution in [2.45, 2.75) is 38.4 Å². The Morgan fingerprint density at radius 1 is 1.00 bits per heavy atom. The number of hydrazine groups is 1. The Morgan fingerprint density at radius 2 is 1.73 bits per heavy atom. The van der Waals surface area contributed by atoms with Crippen LogP contribution in [0.3, 0.4) is 0 Å². The molecule has 0 spiro atoms. The number of carbonyl (C=O) groups excluding carboxylic acids is 2. The van der Waals surface area contributed by atoms with Gasteiger partial charge in [0.1, 0.15) is 11.8 Å². The standard InChI is InChI=1S/C26H27N3O4/c1-3-16-7-9-17(10-8-16)24-21-22(20-6-5-15-33-20)27-28-23(21)25(30)29(24)19-13-11-18(12-14-19)26(31)32-4-2/h5-15,21-24,27-28H,3-4H2,1-2H3. The van der Waals surface area contributed by atoms with Gasteiger partial charge in [-0.25, -0.2) is 15.6 Å². The maximum Gasteiger partial charge on any atom is 0.338 e. The van der Waals surface area contributed by atoms with Crippen molar-refractivity contribution in [2.75, 3.05) is 11.5 Å². The monoisotopic (exact) mass is 445 g/mol. The first-order valence-electron chi connectivity index (χ1n) is 11.4. The zero-order valence-electron chi connectivity index (χ0n) is 18.7. The molecular formula is C26H27N3O4. The highest BCUT2D eigenvalue weighted by molar-refractivity contribution is 6.02. The first-order chi connectivity index (χ1) is 16.1. The van der Waals surface area contributed by atoms with Gasteiger partial charge in [0, 0.05) is 11.6 Å². The van der Waals surface area contributed by atoms with Crippen molar-refractivity contribution in [3.8, 4) is 0 Å². The van der Waals surface area contributed by atoms with Crippen LogP contribution in [0.1, 0.15) is 53.2 Å². The highest BCUT2D eigenvalue weighted by Gasteiger charge is 2.56. The normalized spacial score (nSPS) is 24.2. The van der Waals surface area contributed by atoms with Crippen molar-refractivity contribution < 1.29 is 18.7 Å². The molecule has 7 heteroatoms. The van der Waals surface area contributed by atoms with E-state index in [9.17, 15) is 9.59 Å². The number of furan rings is 1. The molecule has 2 aromatic carbocycles. The average Bonchev–Trinajstić information content (AvgIpc) is 3.57. The highest BCUT2D eigenvalue weighted by atomic mass is 16.5. The van der Waals surface area contributed by atoms with Gasteiger partial charge < -0.3 is 14.1 Å². The quantitative estimate of drug-likeness (QED) is 0.559. The maximum absolute atomic E-state index is 13.6. The van der Waals surface area contributed by atoms with Crippen LogP contribution in [0.15, 0.2) is 71.3 Å². The summed E-state index contributed by atoms with van der Waals surface area (Å²) >= 11 is 0. The third kappa shape index (κ3) is 3.73. The lowest BCUT2D eigenvalue weighted by atomic mass is 9.85. The molecule has 0 saturated carbocycles. The maximum atomic E-state index is 13.6. The minimum atomic E-state index is -0.402. The molecule has 7 nitrogen and oxygen atoms in total. The summed E-state index contributed by atoms with van der Waals surface area (Å²) < 4.78 is 10.8. The van der Waals surface area contributed by atoms with Crippen LogP contribution in [0.4, 0.5) is 5.69 Å². The molecule has 3 aromatic rings. The van der Waals surface area contributed by atoms with Gasteiger partial charge in [-0.15, -0.1) is 0 Å². The molecule has 2 aliphatic heterocycles. The Morgan fingerprint density at radius 3 is 2.36 bits per heavy atom. The van der Waals surface area contributed by atoms with Gasteiger partial charge in [0.2, 0.25) is 5.91 Å². The lowest BCUT2D eigenvalue weighted by Gasteiger charge is -2.31. The molecule has 33 heavy (non-hydrogen) atoms. The van der Waals surface area contributed by atoms with E-state index in [-0.39, 0.29) is 29.9 Å². The molecule has 0 bridgehead atoms. The molecular weight excluding hydrogens is 418 g/mol. The van der Waals surface area contributed by atoms with Crippen molar-refractivity contribution in [2.24, 2.45) is 5.92 Å². The minimum absolute atomic E-state index is 0.0185. The molecule has 1 aromatic heterocycles. The van der Waals surface area contributed by atoms with E-state index < -0.39 is 6.04 Å². The molecule has 4 atom stereocenters. The van der Waals surface area contributed by atoms with Crippen LogP contribution in [-0.2, 0) is 16.0 Å². The van der Waals surface area contributed by atoms with Gasteiger partial charge in [-0.2, -0.15) is 0 Å². The molecule has 4 unspecified atom stereocenters. The van der Waals surface area contributed by atoms with E-state index in [0.717, 1.165) is 23.4 Å². The number of hydrogen-bond donors (Lipinski definition) is 2. The van der Waals surface area contributed by atoms with Crippen LogP contribution >= 0.6 is 0 Å². The van der Waals surface area contributed by atoms with Gasteiger partial charge in [0.25, 0.3) is 0 Å². The number of amides is 1. The summed E-state index contributed by atoms with van der Waals surface area (Å²) in [6.07, 6.45) is 2.60. The van der Waals surface area contributed by atoms with E-state index in [1.807, 2.05) is 29.2 Å². The Bertz CT molecular complexity index is 1130. The number of rotatable bonds is 6. The summed E-state index contributed by atoms with van der Waals surface area (Å²) in [7, 11) is 0. The van der Waals surface area contributed by atoms with E-state index in [1.54, 1.807) is 25.3 Å². The van der Waals surface area contributed by atoms with E-state index in [4.69, 9.17) is 9.15 Å². The number of esters is 1. The number of anilines is 1. The molecule has 2 aliphatic rings. The molecule has 2 fully saturated rings. The van der Waals surface area contributed by atoms with Gasteiger partial charge in [0.15, 0.2) is 0 Å². The van der Waals surface area contributed by atoms with Crippen molar-refractivity contribution in [1.82, 2.24) is 10.9 Å². The largest absolute Gasteiger partial charge is 0.468 e. The molecule has 2 N–H and O–H groups in total. The molecule has 2 saturated heterocycles. The van der Waals surface area contributed by atoms with Gasteiger partial charge in [-0.05, 0) is 60.9 Å². The summed E-state index contributed by atoms with van der Waals surface area (Å²) in [4.78, 5) is 27.6. The average molecular weight is 446 g/mol. The summed E-state index contributed by atoms with van der Waals surface area (Å²) in [5.41, 5.74) is 9.98. The first-order valence-corrected chi connectivity index (χ1v) is 11.4. The van der Waals surface area contributed by atoms with Crippen molar-refractivity contribution in [3.05, 3.63) is 89.4 Å². The van der Waals surface area contributed by atoms with E-state index in [2.05, 4.69) is 42.0 Å². The molecule has 0 aliphatic carbocycles. The number of benzene rings is 2. The van der Waals surface area contributed by atoms with Crippen molar-refractivity contribution in [1.29, 1.82) is 0 Å². The Balaban J connectivity index is 1.55. The third-order valence-electron chi connectivity index (χ3n) is 6.55. The fourth-order valence-corrected chi connectivity index (χ4v) is 4.93. The summed E-state index contributed by atoms with van der Waals surface area (Å²) in [6, 6.07) is 18.5. The highest BCUT2D eigenvalue weighted by Crippen LogP contribution is 2.49. The van der Waals surface area contributed by atoms with Gasteiger partial charge in [0.05, 0.1) is 30.5 Å². The second-order valence-corrected chi connectivity index (χ2v) is 8.35. The number of nitrogens with zero attached hydrogens (tertiary/aromatic N) is 1. The van der Waals surface area contributed by atoms with Gasteiger partial charge >= 0.3 is 5.97 Å². The van der Waals surface area contributed by atoms with Crippen LogP contribution in [0.25, 0.3) is 0 Å². The summed E-state index contributed by atoms with van der Waals surface area (Å²) in [6.45, 7) is 4.22. The van der Waals surface area contributed by atoms with Crippen LogP contribution in [0.2, 0.25) is 0 Å². The number of carbonyl (C=O) groups is 2. The topological polar surface area (TPSA) is 83.8 Å². The first kappa shape index (κ1) is 21.4. The van der Waals surface area contributed by atoms with Crippen molar-refractivity contribution in [3.63, 3.8) is 0 Å². The fourth-order valence-electron chi connectivity index (χ4n) is 4.93. The zero-order valence-corrected chi connectivity index (χ0v) is 18.7. The van der Waals surface area contributed by atoms with E-state index in [1.165, 1.54) is 5.56 Å². The molecule has 170 valence electrons. The predicted octanol–water partition coefficient (Wildman–Crippen LogP) is 3.94. The number of fused-ring (bicyclic) bond motifs is 1. The fraction of sp³-hybridized carbons (Fsp3) is 0.308. The number of aryl methyl sites for hydroxylation is 1. The van der Waals surface area contributed by atoms with Crippen LogP contribution in [-0.4, -0.2) is 24.5 Å². The molecule has 5 rings (SSSR count). The Labute approximate surface area is 192 Å². The lowest BCUT2D eigenvalue weighted by Crippen LogP contribution is -2.41. The number of hydrogen-bond acceptors (Lipinski definition) is 6. The second kappa shape index (κ2) is 8.84. The SMILES string of the molecule is CCOC(=O)c1ccc(N2C(=O)C3NNC(c4ccco4)C3C2c2ccc(CC)cc2)cc1. The molecule has 3 heterocycles. The second-order valence-electron chi connectivity index (χ2n) is 8.35. The van der Waals surface area contributed by atoms with Crippen LogP contribution in [0.5, 0.6) is 0 Å². The van der Waals surface area contributed by atoms with Gasteiger partial charge in [-0.3, -0.25) is 4.79 Å². The van der Waals surface area contributed by atoms with E-state index >= 15 is 0 Å². The van der Waals surface area contributed by atoms with Crippen LogP contribution in [0, 0.1) is 5.92 Å². The summed E-state index contributed by atoms with van der Waals surface area (Å²) in [5, 5.41) is 0. The van der Waals surface area contributed by atoms with Crippen LogP contribution < -0.4 is 15.8 Å². The minimum Gasteiger partial charge on any atom is -0.468 e. The number of nitrogens with one attached hydrogen (secondary N) is 2. The third-order valence-corrected chi connectivity index (χ3v) is 6.55. The van der Waals surface area contributed by atoms with Crippen molar-refractivity contribution >= 4 is 17.6 Å². The Hall–Kier alpha value is -3.42. The molecule has 1 amide bonds. The summed E-state index contributed by atoms with van der Waals surface area (Å²) in [5.74, 6) is 0.317. The lowest BCUT2D eigenvalue weighted by molar-refractivity contribution is -0.119.